The first-order valence-electron chi connectivity index (χ1n) is 18.4. The van der Waals surface area contributed by atoms with Gasteiger partial charge in [-0.15, -0.1) is 0 Å². The molecule has 50 heavy (non-hydrogen) atoms. The Morgan fingerprint density at radius 1 is 0.960 bits per heavy atom. The van der Waals surface area contributed by atoms with Crippen LogP contribution < -0.4 is 0 Å². The van der Waals surface area contributed by atoms with Gasteiger partial charge in [-0.25, -0.2) is 0 Å². The fourth-order valence-corrected chi connectivity index (χ4v) is 8.81. The standard InChI is InChI=1S/C41H60O9/c1-23(2)28-20-32(42)26(5)12-10-11-24(3)18-33(43)31-19-27(6)29-21-36(46)40(8,48)37-15-16-39(7,50-37)35(45)14-13-25(4)17-30(29)41(31,22-34(28)44)38(47)49-9/h12,17-18,23,28,30-31,35-37,45-46,48H,10-11,13-16,19-22H2,1-9H3/b24-18-,25-17-,26-12-. The number of hydrogen-bond acceptors (Lipinski definition) is 9. The van der Waals surface area contributed by atoms with Crippen LogP contribution in [0.1, 0.15) is 120 Å². The van der Waals surface area contributed by atoms with E-state index in [1.165, 1.54) is 14.0 Å². The second-order valence-corrected chi connectivity index (χ2v) is 16.5. The summed E-state index contributed by atoms with van der Waals surface area (Å²) in [7, 11) is 1.26. The third-order valence-electron chi connectivity index (χ3n) is 12.4. The topological polar surface area (TPSA) is 147 Å². The van der Waals surface area contributed by atoms with Crippen molar-refractivity contribution in [2.45, 2.75) is 149 Å². The average Bonchev–Trinajstić information content (AvgIpc) is 3.47. The lowest BCUT2D eigenvalue weighted by Crippen LogP contribution is -2.55. The number of fused-ring (bicyclic) bond motifs is 5. The Hall–Kier alpha value is -2.72. The first kappa shape index (κ1) is 40.1. The van der Waals surface area contributed by atoms with Gasteiger partial charge in [-0.3, -0.25) is 19.2 Å². The van der Waals surface area contributed by atoms with Crippen molar-refractivity contribution in [2.24, 2.45) is 29.1 Å². The number of carbonyl (C=O) groups is 4. The molecule has 9 atom stereocenters. The van der Waals surface area contributed by atoms with Crippen molar-refractivity contribution < 1.29 is 44.0 Å². The van der Waals surface area contributed by atoms with Gasteiger partial charge in [0.25, 0.3) is 0 Å². The van der Waals surface area contributed by atoms with E-state index in [1.54, 1.807) is 13.0 Å². The number of aliphatic hydroxyl groups excluding tert-OH is 2. The van der Waals surface area contributed by atoms with Crippen LogP contribution in [0.4, 0.5) is 0 Å². The molecule has 0 aromatic rings. The van der Waals surface area contributed by atoms with Crippen molar-refractivity contribution in [1.29, 1.82) is 0 Å². The molecule has 0 aromatic heterocycles. The molecular formula is C41H60O9. The minimum Gasteiger partial charge on any atom is -0.469 e. The van der Waals surface area contributed by atoms with E-state index in [2.05, 4.69) is 0 Å². The van der Waals surface area contributed by atoms with Gasteiger partial charge in [0.2, 0.25) is 0 Å². The third-order valence-corrected chi connectivity index (χ3v) is 12.4. The molecule has 0 aromatic carbocycles. The van der Waals surface area contributed by atoms with Gasteiger partial charge in [-0.05, 0) is 110 Å². The van der Waals surface area contributed by atoms with Crippen LogP contribution in [0.3, 0.4) is 0 Å². The van der Waals surface area contributed by atoms with E-state index in [0.717, 1.165) is 16.7 Å². The number of esters is 1. The van der Waals surface area contributed by atoms with Gasteiger partial charge >= 0.3 is 5.97 Å². The fourth-order valence-electron chi connectivity index (χ4n) is 8.81. The number of ether oxygens (including phenoxy) is 2. The molecule has 2 heterocycles. The lowest BCUT2D eigenvalue weighted by Gasteiger charge is -2.48. The van der Waals surface area contributed by atoms with Crippen molar-refractivity contribution >= 4 is 23.3 Å². The smallest absolute Gasteiger partial charge is 0.313 e. The molecule has 278 valence electrons. The molecular weight excluding hydrogens is 636 g/mol. The Kier molecular flexibility index (Phi) is 12.4. The SMILES string of the molecule is COC(=O)C12CC(=O)C(C(C)C)CC(=O)/C(C)=C\CC/C(C)=C\C(=O)C1CC(C)=C1CC(O)C(C)(O)C3CCC(C)(O3)C(O)CC/C(C)=C\C12. The lowest BCUT2D eigenvalue weighted by atomic mass is 9.53. The molecule has 4 rings (SSSR count). The second kappa shape index (κ2) is 15.5. The van der Waals surface area contributed by atoms with Crippen molar-refractivity contribution in [3.63, 3.8) is 0 Å². The number of hydrogen-bond donors (Lipinski definition) is 3. The Labute approximate surface area is 298 Å². The molecule has 0 radical (unpaired) electrons. The molecule has 2 aliphatic carbocycles. The van der Waals surface area contributed by atoms with Gasteiger partial charge in [0.05, 0.1) is 36.4 Å². The van der Waals surface area contributed by atoms with E-state index in [1.807, 2.05) is 53.7 Å². The van der Waals surface area contributed by atoms with Crippen LogP contribution in [0.15, 0.2) is 46.1 Å². The summed E-state index contributed by atoms with van der Waals surface area (Å²) < 4.78 is 11.9. The summed E-state index contributed by atoms with van der Waals surface area (Å²) in [5, 5.41) is 35.0. The highest BCUT2D eigenvalue weighted by atomic mass is 16.5. The molecule has 9 unspecified atom stereocenters. The van der Waals surface area contributed by atoms with Gasteiger partial charge in [-0.1, -0.05) is 48.3 Å². The van der Waals surface area contributed by atoms with Gasteiger partial charge in [-0.2, -0.15) is 0 Å². The maximum atomic E-state index is 14.6. The Bertz CT molecular complexity index is 1480. The van der Waals surface area contributed by atoms with E-state index in [9.17, 15) is 34.5 Å². The highest BCUT2D eigenvalue weighted by molar-refractivity contribution is 6.02. The summed E-state index contributed by atoms with van der Waals surface area (Å²) in [6, 6.07) is 0. The maximum Gasteiger partial charge on any atom is 0.313 e. The van der Waals surface area contributed by atoms with Gasteiger partial charge in [0.1, 0.15) is 11.4 Å². The Morgan fingerprint density at radius 3 is 2.28 bits per heavy atom. The van der Waals surface area contributed by atoms with Gasteiger partial charge in [0.15, 0.2) is 11.6 Å². The summed E-state index contributed by atoms with van der Waals surface area (Å²) in [5.41, 5.74) is -0.648. The minimum atomic E-state index is -1.71. The lowest BCUT2D eigenvalue weighted by molar-refractivity contribution is -0.188. The largest absolute Gasteiger partial charge is 0.469 e. The third kappa shape index (κ3) is 7.86. The molecule has 2 aliphatic heterocycles. The monoisotopic (exact) mass is 696 g/mol. The maximum absolute atomic E-state index is 14.6. The molecule has 1 saturated heterocycles. The highest BCUT2D eigenvalue weighted by Crippen LogP contribution is 2.55. The Morgan fingerprint density at radius 2 is 1.64 bits per heavy atom. The summed E-state index contributed by atoms with van der Waals surface area (Å²) in [6.07, 6.45) is 5.05. The van der Waals surface area contributed by atoms with E-state index >= 15 is 0 Å². The predicted octanol–water partition coefficient (Wildman–Crippen LogP) is 6.09. The molecule has 0 amide bonds. The highest BCUT2D eigenvalue weighted by Gasteiger charge is 2.60. The molecule has 2 bridgehead atoms. The fraction of sp³-hybridized carbons (Fsp3) is 0.707. The number of carbonyl (C=O) groups excluding carboxylic acids is 4. The van der Waals surface area contributed by atoms with Crippen molar-refractivity contribution in [2.75, 3.05) is 7.11 Å². The molecule has 9 nitrogen and oxygen atoms in total. The molecule has 9 heteroatoms. The van der Waals surface area contributed by atoms with Gasteiger partial charge < -0.3 is 24.8 Å². The zero-order chi connectivity index (χ0) is 37.3. The van der Waals surface area contributed by atoms with Crippen LogP contribution in [0.2, 0.25) is 0 Å². The van der Waals surface area contributed by atoms with E-state index in [0.29, 0.717) is 49.7 Å². The van der Waals surface area contributed by atoms with Crippen LogP contribution >= 0.6 is 0 Å². The molecule has 4 aliphatic rings. The van der Waals surface area contributed by atoms with Crippen LogP contribution in [-0.2, 0) is 28.7 Å². The van der Waals surface area contributed by atoms with E-state index in [-0.39, 0.29) is 49.0 Å². The molecule has 1 fully saturated rings. The number of methoxy groups -OCH3 is 1. The van der Waals surface area contributed by atoms with Gasteiger partial charge in [0, 0.05) is 30.6 Å². The van der Waals surface area contributed by atoms with Crippen molar-refractivity contribution in [3.05, 3.63) is 46.1 Å². The summed E-state index contributed by atoms with van der Waals surface area (Å²) in [6.45, 7) is 14.5. The average molecular weight is 697 g/mol. The summed E-state index contributed by atoms with van der Waals surface area (Å²) >= 11 is 0. The number of Topliss-reactive ketones (excluding diaryl/α,β-unsaturated/α-hetero) is 2. The Balaban J connectivity index is 2.00. The van der Waals surface area contributed by atoms with Crippen LogP contribution in [0.25, 0.3) is 0 Å². The van der Waals surface area contributed by atoms with Crippen LogP contribution in [0, 0.1) is 29.1 Å². The van der Waals surface area contributed by atoms with Crippen LogP contribution in [-0.4, -0.2) is 75.3 Å². The number of ketones is 3. The van der Waals surface area contributed by atoms with Crippen molar-refractivity contribution in [1.82, 2.24) is 0 Å². The summed E-state index contributed by atoms with van der Waals surface area (Å²) in [5.74, 6) is -4.13. The minimum absolute atomic E-state index is 0.00952. The first-order valence-corrected chi connectivity index (χ1v) is 18.4. The number of rotatable bonds is 2. The normalized spacial score (nSPS) is 41.5. The number of allylic oxidation sites excluding steroid dienone is 7. The van der Waals surface area contributed by atoms with Crippen LogP contribution in [0.5, 0.6) is 0 Å². The predicted molar refractivity (Wildman–Crippen MR) is 191 cm³/mol. The first-order chi connectivity index (χ1) is 23.3. The molecule has 0 spiro atoms. The molecule has 3 N–H and O–H groups in total. The molecule has 0 saturated carbocycles. The zero-order valence-electron chi connectivity index (χ0n) is 31.6. The summed E-state index contributed by atoms with van der Waals surface area (Å²) in [4.78, 5) is 57.1. The number of aliphatic hydroxyl groups is 3. The zero-order valence-corrected chi connectivity index (χ0v) is 31.6. The van der Waals surface area contributed by atoms with Crippen molar-refractivity contribution in [3.8, 4) is 0 Å². The quantitative estimate of drug-likeness (QED) is 0.231. The van der Waals surface area contributed by atoms with E-state index in [4.69, 9.17) is 9.47 Å². The van der Waals surface area contributed by atoms with E-state index < -0.39 is 58.7 Å². The second-order valence-electron chi connectivity index (χ2n) is 16.5.